The van der Waals surface area contributed by atoms with Gasteiger partial charge in [-0.25, -0.2) is 4.98 Å². The van der Waals surface area contributed by atoms with E-state index in [1.54, 1.807) is 11.8 Å². The highest BCUT2D eigenvalue weighted by Crippen LogP contribution is 2.38. The fourth-order valence-electron chi connectivity index (χ4n) is 3.30. The highest BCUT2D eigenvalue weighted by atomic mass is 32.2. The predicted octanol–water partition coefficient (Wildman–Crippen LogP) is 3.11. The highest BCUT2D eigenvalue weighted by Gasteiger charge is 2.38. The molecule has 0 aromatic carbocycles. The van der Waals surface area contributed by atoms with E-state index < -0.39 is 0 Å². The van der Waals surface area contributed by atoms with Gasteiger partial charge < -0.3 is 14.4 Å². The Balaban J connectivity index is 1.76. The van der Waals surface area contributed by atoms with Crippen molar-refractivity contribution in [1.29, 1.82) is 0 Å². The van der Waals surface area contributed by atoms with Gasteiger partial charge in [0.1, 0.15) is 0 Å². The predicted molar refractivity (Wildman–Crippen MR) is 84.9 cm³/mol. The summed E-state index contributed by atoms with van der Waals surface area (Å²) in [6, 6.07) is 0.616. The molecule has 2 fully saturated rings. The number of ether oxygens (including phenoxy) is 1. The Labute approximate surface area is 131 Å². The van der Waals surface area contributed by atoms with Gasteiger partial charge in [0.15, 0.2) is 5.16 Å². The summed E-state index contributed by atoms with van der Waals surface area (Å²) in [7, 11) is 0. The lowest BCUT2D eigenvalue weighted by Gasteiger charge is -2.39. The van der Waals surface area contributed by atoms with E-state index in [1.807, 2.05) is 0 Å². The Kier molecular flexibility index (Phi) is 4.62. The van der Waals surface area contributed by atoms with E-state index in [2.05, 4.69) is 18.4 Å². The van der Waals surface area contributed by atoms with E-state index in [0.717, 1.165) is 16.6 Å². The van der Waals surface area contributed by atoms with E-state index in [9.17, 15) is 5.11 Å². The van der Waals surface area contributed by atoms with Gasteiger partial charge in [-0.05, 0) is 26.7 Å². The molecule has 2 aliphatic rings. The number of aliphatic hydroxyl groups excluding tert-OH is 1. The smallest absolute Gasteiger partial charge is 0.168 e. The summed E-state index contributed by atoms with van der Waals surface area (Å²) in [6.45, 7) is 5.86. The summed E-state index contributed by atoms with van der Waals surface area (Å²) in [5, 5.41) is 10.7. The number of rotatable bonds is 5. The van der Waals surface area contributed by atoms with Gasteiger partial charge in [-0.3, -0.25) is 0 Å². The molecule has 0 bridgehead atoms. The number of hydrogen-bond donors (Lipinski definition) is 1. The maximum atomic E-state index is 9.57. The van der Waals surface area contributed by atoms with Crippen molar-refractivity contribution in [3.8, 4) is 0 Å². The van der Waals surface area contributed by atoms with Gasteiger partial charge in [0.05, 0.1) is 25.5 Å². The molecule has 1 aromatic rings. The van der Waals surface area contributed by atoms with Gasteiger partial charge in [-0.1, -0.05) is 31.0 Å². The van der Waals surface area contributed by atoms with Crippen LogP contribution in [0.4, 0.5) is 0 Å². The van der Waals surface area contributed by atoms with Crippen molar-refractivity contribution in [1.82, 2.24) is 9.55 Å². The minimum absolute atomic E-state index is 0.0458. The van der Waals surface area contributed by atoms with E-state index in [4.69, 9.17) is 9.72 Å². The molecule has 1 aliphatic carbocycles. The van der Waals surface area contributed by atoms with Crippen LogP contribution in [0.5, 0.6) is 0 Å². The van der Waals surface area contributed by atoms with Crippen molar-refractivity contribution in [2.24, 2.45) is 5.41 Å². The summed E-state index contributed by atoms with van der Waals surface area (Å²) in [6.07, 6.45) is 6.59. The molecule has 2 heterocycles. The molecule has 3 rings (SSSR count). The molecule has 1 aromatic heterocycles. The molecule has 5 heteroatoms. The number of imidazole rings is 1. The van der Waals surface area contributed by atoms with Crippen LogP contribution >= 0.6 is 11.8 Å². The highest BCUT2D eigenvalue weighted by molar-refractivity contribution is 7.99. The average molecular weight is 310 g/mol. The van der Waals surface area contributed by atoms with Gasteiger partial charge in [-0.2, -0.15) is 0 Å². The maximum absolute atomic E-state index is 9.57. The third kappa shape index (κ3) is 3.01. The number of hydrogen-bond acceptors (Lipinski definition) is 4. The van der Waals surface area contributed by atoms with E-state index in [1.165, 1.54) is 37.8 Å². The molecular weight excluding hydrogens is 284 g/mol. The minimum Gasteiger partial charge on any atom is -0.396 e. The number of thioether (sulfide) groups is 1. The second-order valence-electron chi connectivity index (χ2n) is 6.67. The van der Waals surface area contributed by atoms with Crippen LogP contribution in [0.2, 0.25) is 0 Å². The van der Waals surface area contributed by atoms with E-state index in [0.29, 0.717) is 19.3 Å². The molecule has 21 heavy (non-hydrogen) atoms. The van der Waals surface area contributed by atoms with Gasteiger partial charge in [0.2, 0.25) is 0 Å². The Bertz CT molecular complexity index is 485. The molecule has 1 N–H and O–H groups in total. The molecule has 1 saturated heterocycles. The monoisotopic (exact) mass is 310 g/mol. The van der Waals surface area contributed by atoms with Crippen LogP contribution in [0.1, 0.15) is 49.5 Å². The number of nitrogens with zero attached hydrogens (tertiary/aromatic N) is 2. The molecule has 118 valence electrons. The average Bonchev–Trinajstić information content (AvgIpc) is 2.74. The van der Waals surface area contributed by atoms with Gasteiger partial charge in [-0.15, -0.1) is 0 Å². The first kappa shape index (κ1) is 15.4. The number of aryl methyl sites for hydroxylation is 1. The third-order valence-corrected chi connectivity index (χ3v) is 6.26. The van der Waals surface area contributed by atoms with Crippen molar-refractivity contribution >= 4 is 11.8 Å². The maximum Gasteiger partial charge on any atom is 0.168 e. The molecule has 0 atom stereocenters. The number of aliphatic hydroxyl groups is 1. The van der Waals surface area contributed by atoms with Crippen LogP contribution in [0.25, 0.3) is 0 Å². The first-order valence-corrected chi connectivity index (χ1v) is 9.01. The van der Waals surface area contributed by atoms with Gasteiger partial charge in [0, 0.05) is 22.9 Å². The van der Waals surface area contributed by atoms with Crippen LogP contribution in [0.15, 0.2) is 5.16 Å². The quantitative estimate of drug-likeness (QED) is 0.849. The molecule has 0 unspecified atom stereocenters. The van der Waals surface area contributed by atoms with Crippen LogP contribution < -0.4 is 0 Å². The standard InChI is InChI=1S/C16H26N2O2S/c1-12-13(2)18(14-6-4-3-5-7-14)15(17-12)21-11-16(8-19)9-20-10-16/h14,19H,3-11H2,1-2H3. The lowest BCUT2D eigenvalue weighted by atomic mass is 9.90. The van der Waals surface area contributed by atoms with Crippen molar-refractivity contribution in [2.45, 2.75) is 57.1 Å². The second-order valence-corrected chi connectivity index (χ2v) is 7.61. The second kappa shape index (κ2) is 6.31. The summed E-state index contributed by atoms with van der Waals surface area (Å²) in [5.74, 6) is 0.895. The summed E-state index contributed by atoms with van der Waals surface area (Å²) >= 11 is 1.79. The molecule has 1 saturated carbocycles. The Morgan fingerprint density at radius 3 is 2.57 bits per heavy atom. The topological polar surface area (TPSA) is 47.3 Å². The van der Waals surface area contributed by atoms with Crippen molar-refractivity contribution in [2.75, 3.05) is 25.6 Å². The first-order valence-electron chi connectivity index (χ1n) is 8.02. The van der Waals surface area contributed by atoms with Gasteiger partial charge in [0.25, 0.3) is 0 Å². The van der Waals surface area contributed by atoms with Crippen molar-refractivity contribution in [3.63, 3.8) is 0 Å². The largest absolute Gasteiger partial charge is 0.396 e. The third-order valence-electron chi connectivity index (χ3n) is 4.95. The minimum atomic E-state index is -0.0458. The summed E-state index contributed by atoms with van der Waals surface area (Å²) < 4.78 is 7.75. The summed E-state index contributed by atoms with van der Waals surface area (Å²) in [5.41, 5.74) is 2.41. The van der Waals surface area contributed by atoms with Crippen molar-refractivity contribution < 1.29 is 9.84 Å². The van der Waals surface area contributed by atoms with Gasteiger partial charge >= 0.3 is 0 Å². The normalized spacial score (nSPS) is 22.2. The SMILES string of the molecule is Cc1nc(SCC2(CO)COC2)n(C2CCCCC2)c1C. The van der Waals surface area contributed by atoms with Crippen LogP contribution in [0.3, 0.4) is 0 Å². The molecule has 4 nitrogen and oxygen atoms in total. The Morgan fingerprint density at radius 2 is 2.00 bits per heavy atom. The Morgan fingerprint density at radius 1 is 1.29 bits per heavy atom. The van der Waals surface area contributed by atoms with Crippen LogP contribution in [0, 0.1) is 19.3 Å². The van der Waals surface area contributed by atoms with Crippen molar-refractivity contribution in [3.05, 3.63) is 11.4 Å². The van der Waals surface area contributed by atoms with Crippen LogP contribution in [-0.4, -0.2) is 40.2 Å². The number of aromatic nitrogens is 2. The lowest BCUT2D eigenvalue weighted by Crippen LogP contribution is -2.47. The molecular formula is C16H26N2O2S. The summed E-state index contributed by atoms with van der Waals surface area (Å²) in [4.78, 5) is 4.78. The molecule has 1 aliphatic heterocycles. The molecule has 0 amide bonds. The zero-order valence-electron chi connectivity index (χ0n) is 13.1. The fraction of sp³-hybridized carbons (Fsp3) is 0.812. The zero-order chi connectivity index (χ0) is 14.9. The van der Waals surface area contributed by atoms with E-state index in [-0.39, 0.29) is 12.0 Å². The first-order chi connectivity index (χ1) is 10.2. The molecule has 0 radical (unpaired) electrons. The Hall–Kier alpha value is -0.520. The molecule has 0 spiro atoms. The van der Waals surface area contributed by atoms with E-state index >= 15 is 0 Å². The van der Waals surface area contributed by atoms with Crippen LogP contribution in [-0.2, 0) is 4.74 Å². The fourth-order valence-corrected chi connectivity index (χ4v) is 4.62. The zero-order valence-corrected chi connectivity index (χ0v) is 13.9. The lowest BCUT2D eigenvalue weighted by molar-refractivity contribution is -0.121.